The van der Waals surface area contributed by atoms with Gasteiger partial charge in [-0.3, -0.25) is 4.79 Å². The summed E-state index contributed by atoms with van der Waals surface area (Å²) in [5, 5.41) is 12.5. The van der Waals surface area contributed by atoms with Crippen LogP contribution in [0.2, 0.25) is 0 Å². The Morgan fingerprint density at radius 3 is 2.96 bits per heavy atom. The lowest BCUT2D eigenvalue weighted by Gasteiger charge is -2.16. The van der Waals surface area contributed by atoms with Crippen molar-refractivity contribution in [3.05, 3.63) is 58.2 Å². The molecule has 25 heavy (non-hydrogen) atoms. The summed E-state index contributed by atoms with van der Waals surface area (Å²) < 4.78 is 14.9. The number of hydrogen-bond acceptors (Lipinski definition) is 5. The zero-order valence-corrected chi connectivity index (χ0v) is 14.5. The molecule has 2 aromatic heterocycles. The molecular weight excluding hydrogens is 341 g/mol. The molecule has 1 unspecified atom stereocenters. The molecule has 0 saturated carbocycles. The molecule has 0 bridgehead atoms. The number of nitrogens with one attached hydrogen (secondary N) is 1. The second-order valence-corrected chi connectivity index (χ2v) is 6.59. The summed E-state index contributed by atoms with van der Waals surface area (Å²) in [6.45, 7) is 0.270. The number of aryl methyl sites for hydroxylation is 1. The van der Waals surface area contributed by atoms with E-state index in [1.54, 1.807) is 30.1 Å². The van der Waals surface area contributed by atoms with Gasteiger partial charge in [0.05, 0.1) is 16.8 Å². The van der Waals surface area contributed by atoms with Crippen LogP contribution in [0.1, 0.15) is 15.2 Å². The van der Waals surface area contributed by atoms with Gasteiger partial charge in [0.2, 0.25) is 0 Å². The highest BCUT2D eigenvalue weighted by molar-refractivity contribution is 7.12. The second-order valence-electron chi connectivity index (χ2n) is 5.68. The highest BCUT2D eigenvalue weighted by Crippen LogP contribution is 2.24. The number of benzene rings is 1. The van der Waals surface area contributed by atoms with Crippen molar-refractivity contribution in [2.24, 2.45) is 12.8 Å². The fraction of sp³-hybridized carbons (Fsp3) is 0.235. The molecule has 0 aliphatic heterocycles. The van der Waals surface area contributed by atoms with E-state index in [4.69, 9.17) is 5.73 Å². The number of carbonyl (C=O) groups excluding carboxylic acids is 1. The maximum Gasteiger partial charge on any atom is 0.261 e. The van der Waals surface area contributed by atoms with E-state index < -0.39 is 0 Å². The van der Waals surface area contributed by atoms with Gasteiger partial charge in [-0.25, -0.2) is 9.07 Å². The van der Waals surface area contributed by atoms with E-state index in [0.29, 0.717) is 11.3 Å². The van der Waals surface area contributed by atoms with Gasteiger partial charge in [0.1, 0.15) is 5.82 Å². The third-order valence-corrected chi connectivity index (χ3v) is 4.75. The van der Waals surface area contributed by atoms with Gasteiger partial charge in [-0.2, -0.15) is 0 Å². The van der Waals surface area contributed by atoms with Crippen LogP contribution in [0.4, 0.5) is 4.39 Å². The Balaban J connectivity index is 1.68. The Bertz CT molecular complexity index is 875. The number of aromatic nitrogens is 3. The largest absolute Gasteiger partial charge is 0.347 e. The molecule has 0 radical (unpaired) electrons. The van der Waals surface area contributed by atoms with Crippen molar-refractivity contribution in [1.29, 1.82) is 0 Å². The maximum absolute atomic E-state index is 13.3. The number of nitrogens with two attached hydrogens (primary N) is 1. The molecule has 3 rings (SSSR count). The Labute approximate surface area is 148 Å². The minimum Gasteiger partial charge on any atom is -0.347 e. The van der Waals surface area contributed by atoms with E-state index in [-0.39, 0.29) is 24.3 Å². The predicted octanol–water partition coefficient (Wildman–Crippen LogP) is 1.98. The van der Waals surface area contributed by atoms with Crippen LogP contribution in [0.5, 0.6) is 0 Å². The fourth-order valence-corrected chi connectivity index (χ4v) is 3.34. The molecule has 3 aromatic rings. The summed E-state index contributed by atoms with van der Waals surface area (Å²) >= 11 is 1.34. The third kappa shape index (κ3) is 4.09. The van der Waals surface area contributed by atoms with Crippen molar-refractivity contribution in [1.82, 2.24) is 20.3 Å². The van der Waals surface area contributed by atoms with Crippen molar-refractivity contribution in [2.75, 3.05) is 6.54 Å². The zero-order chi connectivity index (χ0) is 17.8. The van der Waals surface area contributed by atoms with Crippen LogP contribution >= 0.6 is 11.3 Å². The fourth-order valence-electron chi connectivity index (χ4n) is 2.54. The van der Waals surface area contributed by atoms with Crippen LogP contribution in [-0.4, -0.2) is 33.5 Å². The van der Waals surface area contributed by atoms with Gasteiger partial charge in [-0.1, -0.05) is 17.3 Å². The molecule has 0 saturated heterocycles. The Kier molecular flexibility index (Phi) is 5.20. The van der Waals surface area contributed by atoms with Crippen LogP contribution in [0.3, 0.4) is 0 Å². The highest BCUT2D eigenvalue weighted by atomic mass is 32.1. The van der Waals surface area contributed by atoms with Crippen LogP contribution in [0.25, 0.3) is 11.3 Å². The van der Waals surface area contributed by atoms with Gasteiger partial charge in [0.25, 0.3) is 5.91 Å². The summed E-state index contributed by atoms with van der Waals surface area (Å²) in [6.07, 6.45) is 2.13. The van der Waals surface area contributed by atoms with Crippen LogP contribution in [0.15, 0.2) is 41.9 Å². The molecule has 1 atom stereocenters. The van der Waals surface area contributed by atoms with E-state index in [1.165, 1.54) is 23.5 Å². The highest BCUT2D eigenvalue weighted by Gasteiger charge is 2.16. The molecule has 0 aliphatic carbocycles. The van der Waals surface area contributed by atoms with E-state index in [2.05, 4.69) is 15.6 Å². The van der Waals surface area contributed by atoms with Gasteiger partial charge >= 0.3 is 0 Å². The zero-order valence-electron chi connectivity index (χ0n) is 13.6. The Morgan fingerprint density at radius 2 is 2.28 bits per heavy atom. The minimum atomic E-state index is -0.299. The molecule has 0 aliphatic rings. The van der Waals surface area contributed by atoms with Crippen LogP contribution < -0.4 is 11.1 Å². The van der Waals surface area contributed by atoms with E-state index in [0.717, 1.165) is 16.8 Å². The predicted molar refractivity (Wildman–Crippen MR) is 94.7 cm³/mol. The number of nitrogens with zero attached hydrogens (tertiary/aromatic N) is 3. The number of rotatable bonds is 6. The summed E-state index contributed by atoms with van der Waals surface area (Å²) in [5.74, 6) is -0.495. The van der Waals surface area contributed by atoms with E-state index in [1.807, 2.05) is 11.4 Å². The van der Waals surface area contributed by atoms with Crippen molar-refractivity contribution < 1.29 is 9.18 Å². The molecule has 0 spiro atoms. The average molecular weight is 359 g/mol. The smallest absolute Gasteiger partial charge is 0.261 e. The first-order valence-electron chi connectivity index (χ1n) is 7.75. The van der Waals surface area contributed by atoms with Crippen molar-refractivity contribution in [3.63, 3.8) is 0 Å². The molecule has 8 heteroatoms. The maximum atomic E-state index is 13.3. The standard InChI is InChI=1S/C17H18FN5OS/c1-23-15(9-20-22-23)12-7-16(25-10-12)17(24)21-14(8-19)6-11-3-2-4-13(18)5-11/h2-5,7,9-10,14H,6,8,19H2,1H3,(H,21,24). The van der Waals surface area contributed by atoms with Gasteiger partial charge in [-0.05, 0) is 30.2 Å². The SMILES string of the molecule is Cn1nncc1-c1csc(C(=O)NC(CN)Cc2cccc(F)c2)c1. The number of hydrogen-bond donors (Lipinski definition) is 2. The number of amides is 1. The molecule has 130 valence electrons. The lowest BCUT2D eigenvalue weighted by Crippen LogP contribution is -2.41. The molecular formula is C17H18FN5OS. The normalized spacial score (nSPS) is 12.1. The number of halogens is 1. The monoisotopic (exact) mass is 359 g/mol. The van der Waals surface area contributed by atoms with Gasteiger partial charge < -0.3 is 11.1 Å². The quantitative estimate of drug-likeness (QED) is 0.705. The van der Waals surface area contributed by atoms with Gasteiger partial charge in [0, 0.05) is 30.6 Å². The average Bonchev–Trinajstić information content (AvgIpc) is 3.22. The Morgan fingerprint density at radius 1 is 1.44 bits per heavy atom. The van der Waals surface area contributed by atoms with Gasteiger partial charge in [-0.15, -0.1) is 16.4 Å². The van der Waals surface area contributed by atoms with Crippen LogP contribution in [0, 0.1) is 5.82 Å². The molecule has 0 fully saturated rings. The number of thiophene rings is 1. The van der Waals surface area contributed by atoms with E-state index in [9.17, 15) is 9.18 Å². The van der Waals surface area contributed by atoms with Crippen molar-refractivity contribution in [3.8, 4) is 11.3 Å². The van der Waals surface area contributed by atoms with Crippen molar-refractivity contribution in [2.45, 2.75) is 12.5 Å². The number of carbonyl (C=O) groups is 1. The van der Waals surface area contributed by atoms with Crippen LogP contribution in [-0.2, 0) is 13.5 Å². The molecule has 6 nitrogen and oxygen atoms in total. The molecule has 1 amide bonds. The van der Waals surface area contributed by atoms with Crippen molar-refractivity contribution >= 4 is 17.2 Å². The Hall–Kier alpha value is -2.58. The molecule has 1 aromatic carbocycles. The first-order valence-corrected chi connectivity index (χ1v) is 8.63. The molecule has 2 heterocycles. The first-order chi connectivity index (χ1) is 12.1. The molecule has 3 N–H and O–H groups in total. The second kappa shape index (κ2) is 7.54. The minimum absolute atomic E-state index is 0.196. The summed E-state index contributed by atoms with van der Waals surface area (Å²) in [4.78, 5) is 13.0. The summed E-state index contributed by atoms with van der Waals surface area (Å²) in [6, 6.07) is 7.84. The summed E-state index contributed by atoms with van der Waals surface area (Å²) in [5.41, 5.74) is 8.28. The summed E-state index contributed by atoms with van der Waals surface area (Å²) in [7, 11) is 1.79. The van der Waals surface area contributed by atoms with Gasteiger partial charge in [0.15, 0.2) is 0 Å². The third-order valence-electron chi connectivity index (χ3n) is 3.82. The lowest BCUT2D eigenvalue weighted by molar-refractivity contribution is 0.0942. The first kappa shape index (κ1) is 17.2. The van der Waals surface area contributed by atoms with E-state index >= 15 is 0 Å². The topological polar surface area (TPSA) is 85.8 Å². The lowest BCUT2D eigenvalue weighted by atomic mass is 10.1.